The Labute approximate surface area is 427 Å². The number of thioether (sulfide) groups is 1. The van der Waals surface area contributed by atoms with E-state index in [4.69, 9.17) is 16.3 Å². The van der Waals surface area contributed by atoms with Crippen molar-refractivity contribution in [3.8, 4) is 11.1 Å². The summed E-state index contributed by atoms with van der Waals surface area (Å²) >= 11 is 8.86. The Hall–Kier alpha value is -5.58. The first kappa shape index (κ1) is 55.3. The first-order valence-corrected chi connectivity index (χ1v) is 25.8. The number of benzene rings is 5. The van der Waals surface area contributed by atoms with Gasteiger partial charge in [0, 0.05) is 76.4 Å². The van der Waals surface area contributed by atoms with Gasteiger partial charge in [-0.2, -0.15) is 0 Å². The van der Waals surface area contributed by atoms with Gasteiger partial charge in [-0.1, -0.05) is 93.9 Å². The Bertz CT molecular complexity index is 2540. The first-order chi connectivity index (χ1) is 33.4. The van der Waals surface area contributed by atoms with Gasteiger partial charge < -0.3 is 25.2 Å². The standard InChI is InChI=1S/C52H62ClN7O6S2.C2H6/c1-51(2,35-52(3,4)50(63)66-7)49(62)55-45-31-37(19-24-46(45)59-29-27-58(28-30-59)33-38-13-11-12-16-43(38)36-17-20-39(53)21-18-36)48(61)56-68-42-22-23-44(47(32-42)60(64)65)54-40(25-26-57(5)6)34-67-41-14-9-8-10-15-41;1-2/h8-24,31-32,40,54H,25-30,33-35H2,1-7H3,(H,55,62)(H,56,61);1-2H3. The highest BCUT2D eigenvalue weighted by molar-refractivity contribution is 7.99. The quantitative estimate of drug-likeness (QED) is 0.0211. The number of rotatable bonds is 21. The molecular formula is C54H68ClN7O6S2. The van der Waals surface area contributed by atoms with Crippen molar-refractivity contribution < 1.29 is 24.0 Å². The molecule has 5 aromatic carbocycles. The molecule has 2 amide bonds. The number of carbonyl (C=O) groups is 3. The fourth-order valence-electron chi connectivity index (χ4n) is 8.39. The molecule has 0 bridgehead atoms. The van der Waals surface area contributed by atoms with Crippen LogP contribution in [0.15, 0.2) is 125 Å². The number of amides is 2. The van der Waals surface area contributed by atoms with Gasteiger partial charge in [0.25, 0.3) is 11.6 Å². The molecule has 0 aliphatic carbocycles. The largest absolute Gasteiger partial charge is 0.469 e. The Kier molecular flexibility index (Phi) is 20.6. The Balaban J connectivity index is 0.00000450. The molecule has 374 valence electrons. The number of nitro benzene ring substituents is 1. The molecule has 5 aromatic rings. The second-order valence-corrected chi connectivity index (χ2v) is 21.0. The van der Waals surface area contributed by atoms with E-state index in [2.05, 4.69) is 48.3 Å². The van der Waals surface area contributed by atoms with Crippen LogP contribution in [0, 0.1) is 20.9 Å². The van der Waals surface area contributed by atoms with E-state index in [1.54, 1.807) is 63.7 Å². The Morgan fingerprint density at radius 1 is 0.829 bits per heavy atom. The van der Waals surface area contributed by atoms with E-state index in [9.17, 15) is 24.5 Å². The highest BCUT2D eigenvalue weighted by Crippen LogP contribution is 2.38. The summed E-state index contributed by atoms with van der Waals surface area (Å²) in [5.41, 5.74) is 3.35. The topological polar surface area (TPSA) is 149 Å². The predicted molar refractivity (Wildman–Crippen MR) is 289 cm³/mol. The van der Waals surface area contributed by atoms with Gasteiger partial charge in [0.2, 0.25) is 5.91 Å². The fraction of sp³-hybridized carbons (Fsp3) is 0.389. The lowest BCUT2D eigenvalue weighted by Crippen LogP contribution is -2.46. The predicted octanol–water partition coefficient (Wildman–Crippen LogP) is 11.8. The van der Waals surface area contributed by atoms with Crippen LogP contribution < -0.4 is 20.3 Å². The lowest BCUT2D eigenvalue weighted by atomic mass is 9.74. The van der Waals surface area contributed by atoms with Gasteiger partial charge in [0.05, 0.1) is 28.8 Å². The number of piperazine rings is 1. The number of carbonyl (C=O) groups excluding carboxylic acids is 3. The molecule has 1 saturated heterocycles. The minimum atomic E-state index is -0.998. The summed E-state index contributed by atoms with van der Waals surface area (Å²) in [6.45, 7) is 15.5. The van der Waals surface area contributed by atoms with Crippen molar-refractivity contribution in [1.29, 1.82) is 0 Å². The second kappa shape index (κ2) is 26.0. The van der Waals surface area contributed by atoms with Gasteiger partial charge in [-0.15, -0.1) is 11.8 Å². The lowest BCUT2D eigenvalue weighted by molar-refractivity contribution is -0.384. The van der Waals surface area contributed by atoms with E-state index in [0.29, 0.717) is 40.1 Å². The number of nitrogens with one attached hydrogen (secondary N) is 3. The monoisotopic (exact) mass is 1010 g/mol. The van der Waals surface area contributed by atoms with Gasteiger partial charge in [0.1, 0.15) is 5.69 Å². The molecule has 6 rings (SSSR count). The Morgan fingerprint density at radius 3 is 2.16 bits per heavy atom. The van der Waals surface area contributed by atoms with E-state index in [-0.39, 0.29) is 29.6 Å². The van der Waals surface area contributed by atoms with E-state index in [1.165, 1.54) is 18.7 Å². The molecule has 1 fully saturated rings. The summed E-state index contributed by atoms with van der Waals surface area (Å²) in [6, 6.07) is 36.4. The molecule has 13 nitrogen and oxygen atoms in total. The molecule has 16 heteroatoms. The van der Waals surface area contributed by atoms with Crippen LogP contribution in [0.25, 0.3) is 11.1 Å². The van der Waals surface area contributed by atoms with E-state index < -0.39 is 27.6 Å². The first-order valence-electron chi connectivity index (χ1n) is 23.6. The third-order valence-electron chi connectivity index (χ3n) is 11.9. The van der Waals surface area contributed by atoms with Crippen LogP contribution in [-0.4, -0.2) is 98.2 Å². The number of esters is 1. The van der Waals surface area contributed by atoms with Gasteiger partial charge in [0.15, 0.2) is 0 Å². The van der Waals surface area contributed by atoms with Gasteiger partial charge in [-0.25, -0.2) is 0 Å². The number of nitrogens with zero attached hydrogens (tertiary/aromatic N) is 4. The number of nitro groups is 1. The highest BCUT2D eigenvalue weighted by Gasteiger charge is 2.40. The average Bonchev–Trinajstić information content (AvgIpc) is 3.35. The summed E-state index contributed by atoms with van der Waals surface area (Å²) in [5.74, 6) is -0.465. The van der Waals surface area contributed by atoms with Crippen molar-refractivity contribution in [3.05, 3.63) is 142 Å². The van der Waals surface area contributed by atoms with Crippen LogP contribution in [0.5, 0.6) is 0 Å². The zero-order valence-corrected chi connectivity index (χ0v) is 44.2. The van der Waals surface area contributed by atoms with Crippen molar-refractivity contribution in [2.45, 2.75) is 76.8 Å². The van der Waals surface area contributed by atoms with Crippen molar-refractivity contribution in [2.75, 3.05) is 75.2 Å². The van der Waals surface area contributed by atoms with Crippen LogP contribution in [0.4, 0.5) is 22.7 Å². The van der Waals surface area contributed by atoms with Crippen molar-refractivity contribution >= 4 is 75.8 Å². The van der Waals surface area contributed by atoms with Gasteiger partial charge in [-0.3, -0.25) is 34.1 Å². The summed E-state index contributed by atoms with van der Waals surface area (Å²) in [4.78, 5) is 61.0. The van der Waals surface area contributed by atoms with Crippen LogP contribution in [0.2, 0.25) is 5.02 Å². The molecule has 1 heterocycles. The fourth-order valence-corrected chi connectivity index (χ4v) is 10.1. The number of hydrogen-bond donors (Lipinski definition) is 3. The lowest BCUT2D eigenvalue weighted by Gasteiger charge is -2.38. The second-order valence-electron chi connectivity index (χ2n) is 18.6. The minimum absolute atomic E-state index is 0.0470. The maximum Gasteiger partial charge on any atom is 0.311 e. The van der Waals surface area contributed by atoms with Crippen LogP contribution >= 0.6 is 35.3 Å². The van der Waals surface area contributed by atoms with E-state index in [1.807, 2.05) is 94.7 Å². The zero-order valence-electron chi connectivity index (χ0n) is 41.8. The number of halogens is 1. The number of anilines is 3. The molecule has 70 heavy (non-hydrogen) atoms. The van der Waals surface area contributed by atoms with Crippen LogP contribution in [-0.2, 0) is 20.9 Å². The summed E-state index contributed by atoms with van der Waals surface area (Å²) < 4.78 is 7.90. The number of hydrogen-bond acceptors (Lipinski definition) is 12. The third-order valence-corrected chi connectivity index (χ3v) is 14.1. The molecule has 1 aliphatic rings. The number of methoxy groups -OCH3 is 1. The summed E-state index contributed by atoms with van der Waals surface area (Å²) in [5, 5.41) is 19.7. The number of ether oxygens (including phenoxy) is 1. The third kappa shape index (κ3) is 15.7. The highest BCUT2D eigenvalue weighted by atomic mass is 35.5. The maximum absolute atomic E-state index is 14.2. The molecule has 1 atom stereocenters. The summed E-state index contributed by atoms with van der Waals surface area (Å²) in [7, 11) is 5.34. The normalized spacial score (nSPS) is 13.4. The molecule has 0 aromatic heterocycles. The van der Waals surface area contributed by atoms with E-state index in [0.717, 1.165) is 66.3 Å². The molecular weight excluding hydrogens is 942 g/mol. The maximum atomic E-state index is 14.2. The smallest absolute Gasteiger partial charge is 0.311 e. The van der Waals surface area contributed by atoms with Crippen LogP contribution in [0.1, 0.15) is 70.3 Å². The Morgan fingerprint density at radius 2 is 1.50 bits per heavy atom. The average molecular weight is 1010 g/mol. The van der Waals surface area contributed by atoms with Crippen molar-refractivity contribution in [3.63, 3.8) is 0 Å². The molecule has 3 N–H and O–H groups in total. The summed E-state index contributed by atoms with van der Waals surface area (Å²) in [6.07, 6.45) is 0.989. The molecule has 0 saturated carbocycles. The van der Waals surface area contributed by atoms with Gasteiger partial charge in [-0.05, 0) is 131 Å². The van der Waals surface area contributed by atoms with Gasteiger partial charge >= 0.3 is 5.97 Å². The minimum Gasteiger partial charge on any atom is -0.469 e. The zero-order chi connectivity index (χ0) is 51.0. The van der Waals surface area contributed by atoms with Crippen LogP contribution in [0.3, 0.4) is 0 Å². The van der Waals surface area contributed by atoms with Crippen molar-refractivity contribution in [1.82, 2.24) is 14.5 Å². The molecule has 0 spiro atoms. The van der Waals surface area contributed by atoms with Crippen molar-refractivity contribution in [2.24, 2.45) is 10.8 Å². The molecule has 0 radical (unpaired) electrons. The van der Waals surface area contributed by atoms with E-state index >= 15 is 0 Å². The SMILES string of the molecule is CC.COC(=O)C(C)(C)CC(C)(C)C(=O)Nc1cc(C(=O)NSc2ccc(NC(CCN(C)C)CSc3ccccc3)c([N+](=O)[O-])c2)ccc1N1CCN(Cc2ccccc2-c2ccc(Cl)cc2)CC1. The molecule has 1 aliphatic heterocycles. The molecule has 1 unspecified atom stereocenters.